The molecule has 0 amide bonds. The van der Waals surface area contributed by atoms with Crippen LogP contribution < -0.4 is 0 Å². The van der Waals surface area contributed by atoms with Crippen molar-refractivity contribution in [2.45, 2.75) is 33.1 Å². The summed E-state index contributed by atoms with van der Waals surface area (Å²) in [6.07, 6.45) is 3.15. The predicted molar refractivity (Wildman–Crippen MR) is 39.1 cm³/mol. The van der Waals surface area contributed by atoms with Crippen molar-refractivity contribution in [3.05, 3.63) is 0 Å². The normalized spacial score (nSPS) is 36.9. The van der Waals surface area contributed by atoms with Gasteiger partial charge in [0.2, 0.25) is 0 Å². The third kappa shape index (κ3) is 1.81. The minimum atomic E-state index is 0.703. The molecule has 0 aliphatic heterocycles. The third-order valence-corrected chi connectivity index (χ3v) is 1.97. The fourth-order valence-corrected chi connectivity index (χ4v) is 1.74. The molecule has 1 aliphatic carbocycles. The lowest BCUT2D eigenvalue weighted by Crippen LogP contribution is -2.18. The number of carbonyl (C=O) groups excluding carboxylic acids is 1. The standard InChI is InChI=1S/C8H14O/c1-6-3-7(2)5-8(9)4-6/h6-7H,3-5H2,1-2H3/p+1. The van der Waals surface area contributed by atoms with Crippen LogP contribution in [0.25, 0.3) is 0 Å². The first-order valence-electron chi connectivity index (χ1n) is 3.72. The van der Waals surface area contributed by atoms with Gasteiger partial charge in [-0.3, -0.25) is 4.79 Å². The van der Waals surface area contributed by atoms with Crippen LogP contribution in [0.15, 0.2) is 0 Å². The summed E-state index contributed by atoms with van der Waals surface area (Å²) in [6, 6.07) is 0. The van der Waals surface area contributed by atoms with Gasteiger partial charge in [0.25, 0.3) is 5.78 Å². The zero-order chi connectivity index (χ0) is 6.85. The number of hydrogen-bond donors (Lipinski definition) is 0. The van der Waals surface area contributed by atoms with Crippen LogP contribution in [-0.2, 0) is 0 Å². The topological polar surface area (TPSA) is 21.4 Å². The maximum Gasteiger partial charge on any atom is 0.293 e. The lowest BCUT2D eigenvalue weighted by molar-refractivity contribution is 0.380. The third-order valence-electron chi connectivity index (χ3n) is 1.97. The second-order valence-corrected chi connectivity index (χ2v) is 3.42. The van der Waals surface area contributed by atoms with Gasteiger partial charge < -0.3 is 0 Å². The molecule has 0 saturated heterocycles. The molecule has 1 saturated carbocycles. The summed E-state index contributed by atoms with van der Waals surface area (Å²) in [5.74, 6) is 2.11. The summed E-state index contributed by atoms with van der Waals surface area (Å²) < 4.78 is 0. The Labute approximate surface area is 56.4 Å². The summed E-state index contributed by atoms with van der Waals surface area (Å²) >= 11 is 0. The summed E-state index contributed by atoms with van der Waals surface area (Å²) in [6.45, 7) is 4.40. The van der Waals surface area contributed by atoms with Gasteiger partial charge in [0, 0.05) is 0 Å². The number of hydrogen-bond acceptors (Lipinski definition) is 0. The first-order chi connectivity index (χ1) is 4.18. The molecule has 2 atom stereocenters. The van der Waals surface area contributed by atoms with Crippen LogP contribution in [0.1, 0.15) is 33.1 Å². The highest BCUT2D eigenvalue weighted by atomic mass is 16.1. The van der Waals surface area contributed by atoms with Crippen molar-refractivity contribution in [1.29, 1.82) is 0 Å². The van der Waals surface area contributed by atoms with Crippen molar-refractivity contribution in [3.63, 3.8) is 0 Å². The van der Waals surface area contributed by atoms with E-state index in [4.69, 9.17) is 4.79 Å². The zero-order valence-corrected chi connectivity index (χ0v) is 6.22. The second-order valence-electron chi connectivity index (χ2n) is 3.42. The second kappa shape index (κ2) is 2.51. The van der Waals surface area contributed by atoms with E-state index in [9.17, 15) is 0 Å². The quantitative estimate of drug-likeness (QED) is 0.444. The Morgan fingerprint density at radius 2 is 1.67 bits per heavy atom. The molecule has 0 aromatic rings. The Hall–Kier alpha value is -0.330. The summed E-state index contributed by atoms with van der Waals surface area (Å²) in [4.78, 5) is 9.17. The van der Waals surface area contributed by atoms with Crippen molar-refractivity contribution in [2.75, 3.05) is 0 Å². The molecule has 2 unspecified atom stereocenters. The highest BCUT2D eigenvalue weighted by Gasteiger charge is 2.25. The minimum Gasteiger partial charge on any atom is -0.284 e. The molecule has 9 heavy (non-hydrogen) atoms. The van der Waals surface area contributed by atoms with Gasteiger partial charge in [-0.25, -0.2) is 0 Å². The van der Waals surface area contributed by atoms with Gasteiger partial charge in [-0.15, -0.1) is 0 Å². The lowest BCUT2D eigenvalue weighted by Gasteiger charge is -2.18. The highest BCUT2D eigenvalue weighted by molar-refractivity contribution is 5.80. The van der Waals surface area contributed by atoms with E-state index >= 15 is 0 Å². The van der Waals surface area contributed by atoms with E-state index in [1.807, 2.05) is 0 Å². The maximum atomic E-state index is 9.17. The molecule has 1 N–H and O–H groups in total. The molecule has 0 radical (unpaired) electrons. The molecule has 1 aliphatic rings. The van der Waals surface area contributed by atoms with Crippen LogP contribution in [0.4, 0.5) is 0 Å². The molecule has 0 aromatic carbocycles. The summed E-state index contributed by atoms with van der Waals surface area (Å²) in [5, 5.41) is 0. The number of rotatable bonds is 0. The predicted octanol–water partition coefficient (Wildman–Crippen LogP) is 1.99. The molecule has 1 heteroatoms. The van der Waals surface area contributed by atoms with Crippen molar-refractivity contribution < 1.29 is 4.79 Å². The lowest BCUT2D eigenvalue weighted by atomic mass is 9.83. The van der Waals surface area contributed by atoms with Gasteiger partial charge in [0.15, 0.2) is 0 Å². The average Bonchev–Trinajstić information content (AvgIpc) is 1.59. The monoisotopic (exact) mass is 127 g/mol. The Morgan fingerprint density at radius 3 is 2.00 bits per heavy atom. The highest BCUT2D eigenvalue weighted by Crippen LogP contribution is 2.25. The van der Waals surface area contributed by atoms with Gasteiger partial charge in [0.1, 0.15) is 0 Å². The van der Waals surface area contributed by atoms with Gasteiger partial charge in [-0.2, -0.15) is 0 Å². The Kier molecular flexibility index (Phi) is 1.89. The van der Waals surface area contributed by atoms with Crippen LogP contribution in [0.3, 0.4) is 0 Å². The van der Waals surface area contributed by atoms with E-state index in [1.165, 1.54) is 6.42 Å². The van der Waals surface area contributed by atoms with Crippen molar-refractivity contribution in [1.82, 2.24) is 0 Å². The Bertz CT molecular complexity index is 106. The van der Waals surface area contributed by atoms with Gasteiger partial charge in [-0.05, 0) is 18.3 Å². The van der Waals surface area contributed by atoms with Crippen LogP contribution in [-0.4, -0.2) is 10.6 Å². The van der Waals surface area contributed by atoms with E-state index in [0.29, 0.717) is 17.6 Å². The van der Waals surface area contributed by atoms with E-state index in [2.05, 4.69) is 13.8 Å². The van der Waals surface area contributed by atoms with Gasteiger partial charge >= 0.3 is 0 Å². The van der Waals surface area contributed by atoms with Crippen LogP contribution >= 0.6 is 0 Å². The first kappa shape index (κ1) is 6.79. The van der Waals surface area contributed by atoms with Gasteiger partial charge in [0.05, 0.1) is 12.8 Å². The largest absolute Gasteiger partial charge is 0.293 e. The summed E-state index contributed by atoms with van der Waals surface area (Å²) in [5.41, 5.74) is 0. The smallest absolute Gasteiger partial charge is 0.284 e. The van der Waals surface area contributed by atoms with Crippen LogP contribution in [0, 0.1) is 11.8 Å². The van der Waals surface area contributed by atoms with Crippen molar-refractivity contribution >= 4 is 5.78 Å². The SMILES string of the molecule is CC1CC(=[OH+])CC(C)C1. The number of ketones is 1. The maximum absolute atomic E-state index is 9.17. The van der Waals surface area contributed by atoms with E-state index < -0.39 is 0 Å². The van der Waals surface area contributed by atoms with E-state index in [1.54, 1.807) is 0 Å². The molecule has 1 nitrogen and oxygen atoms in total. The fraction of sp³-hybridized carbons (Fsp3) is 0.875. The van der Waals surface area contributed by atoms with E-state index in [0.717, 1.165) is 12.8 Å². The zero-order valence-electron chi connectivity index (χ0n) is 6.22. The van der Waals surface area contributed by atoms with Gasteiger partial charge in [-0.1, -0.05) is 13.8 Å². The molecule has 0 heterocycles. The average molecular weight is 127 g/mol. The van der Waals surface area contributed by atoms with Crippen molar-refractivity contribution in [2.24, 2.45) is 11.8 Å². The molecule has 1 rings (SSSR count). The molecule has 0 aromatic heterocycles. The molecule has 0 bridgehead atoms. The van der Waals surface area contributed by atoms with Crippen LogP contribution in [0.2, 0.25) is 0 Å². The van der Waals surface area contributed by atoms with Crippen LogP contribution in [0.5, 0.6) is 0 Å². The molecule has 52 valence electrons. The molecule has 1 fully saturated rings. The summed E-state index contributed by atoms with van der Waals surface area (Å²) in [7, 11) is 0. The minimum absolute atomic E-state index is 0.703. The Balaban J connectivity index is 2.43. The van der Waals surface area contributed by atoms with E-state index in [-0.39, 0.29) is 0 Å². The molecular formula is C8H15O+. The Morgan fingerprint density at radius 1 is 1.22 bits per heavy atom. The fourth-order valence-electron chi connectivity index (χ4n) is 1.74. The molecular weight excluding hydrogens is 112 g/mol. The molecule has 0 spiro atoms. The van der Waals surface area contributed by atoms with Crippen molar-refractivity contribution in [3.8, 4) is 0 Å². The first-order valence-corrected chi connectivity index (χ1v) is 3.72.